The van der Waals surface area contributed by atoms with Gasteiger partial charge in [0.15, 0.2) is 0 Å². The Morgan fingerprint density at radius 2 is 1.59 bits per heavy atom. The van der Waals surface area contributed by atoms with Gasteiger partial charge < -0.3 is 19.5 Å². The van der Waals surface area contributed by atoms with Crippen LogP contribution in [0.15, 0.2) is 11.6 Å². The first-order valence-corrected chi connectivity index (χ1v) is 17.8. The lowest BCUT2D eigenvalue weighted by atomic mass is 9.33. The topological polar surface area (TPSA) is 108 Å². The molecule has 8 heteroatoms. The zero-order valence-corrected chi connectivity index (χ0v) is 30.0. The lowest BCUT2D eigenvalue weighted by Gasteiger charge is -2.71. The van der Waals surface area contributed by atoms with Crippen LogP contribution in [0.25, 0.3) is 0 Å². The summed E-state index contributed by atoms with van der Waals surface area (Å²) in [6.45, 7) is 18.4. The molecule has 0 saturated heterocycles. The van der Waals surface area contributed by atoms with Crippen LogP contribution < -0.4 is 5.32 Å². The van der Waals surface area contributed by atoms with E-state index in [-0.39, 0.29) is 52.0 Å². The summed E-state index contributed by atoms with van der Waals surface area (Å²) in [5.74, 6) is 0.271. The van der Waals surface area contributed by atoms with E-state index in [0.717, 1.165) is 57.8 Å². The second-order valence-corrected chi connectivity index (χ2v) is 17.1. The van der Waals surface area contributed by atoms with Gasteiger partial charge in [-0.1, -0.05) is 60.1 Å². The molecule has 5 rings (SSSR count). The van der Waals surface area contributed by atoms with Gasteiger partial charge in [0, 0.05) is 12.3 Å². The lowest BCUT2D eigenvalue weighted by molar-refractivity contribution is -0.212. The van der Waals surface area contributed by atoms with Crippen LogP contribution in [0.5, 0.6) is 0 Å². The highest BCUT2D eigenvalue weighted by molar-refractivity contribution is 5.91. The fourth-order valence-electron chi connectivity index (χ4n) is 12.2. The van der Waals surface area contributed by atoms with Crippen LogP contribution in [0.1, 0.15) is 120 Å². The van der Waals surface area contributed by atoms with Crippen molar-refractivity contribution in [2.24, 2.45) is 56.7 Å². The van der Waals surface area contributed by atoms with Crippen molar-refractivity contribution in [3.63, 3.8) is 0 Å². The van der Waals surface area contributed by atoms with Gasteiger partial charge in [0.05, 0.1) is 26.1 Å². The molecule has 0 radical (unpaired) electrons. The molecule has 46 heavy (non-hydrogen) atoms. The highest BCUT2D eigenvalue weighted by Crippen LogP contribution is 2.75. The monoisotopic (exact) mass is 641 g/mol. The standard InChI is InChI=1S/C38H59NO7/c1-22-13-18-38(33(43)39-26(32(42)45-10)21-30(41)44-9)20-19-36(7)25(31(38)23(22)2)11-12-28-35(6)16-15-29(46-24(3)40)34(4,5)27(35)14-17-37(28,36)8/h11,22-23,26-29,31H,12-21H2,1-10H3,(H,39,43)/t22-,23+,26?,27+,28-,29+,31+,35+,36-,37-,38+/m1/s1. The van der Waals surface area contributed by atoms with Gasteiger partial charge in [-0.2, -0.15) is 0 Å². The van der Waals surface area contributed by atoms with Crippen molar-refractivity contribution in [3.05, 3.63) is 11.6 Å². The molecule has 0 aromatic heterocycles. The number of hydrogen-bond acceptors (Lipinski definition) is 7. The van der Waals surface area contributed by atoms with Crippen LogP contribution in [0, 0.1) is 56.7 Å². The molecule has 0 aromatic carbocycles. The Hall–Kier alpha value is -2.38. The number of esters is 3. The molecule has 1 amide bonds. The molecule has 258 valence electrons. The summed E-state index contributed by atoms with van der Waals surface area (Å²) < 4.78 is 15.7. The number of carbonyl (C=O) groups excluding carboxylic acids is 4. The molecule has 0 aromatic rings. The summed E-state index contributed by atoms with van der Waals surface area (Å²) >= 11 is 0. The maximum Gasteiger partial charge on any atom is 0.328 e. The molecule has 0 aliphatic heterocycles. The van der Waals surface area contributed by atoms with Gasteiger partial charge in [0.2, 0.25) is 5.91 Å². The van der Waals surface area contributed by atoms with E-state index in [1.54, 1.807) is 0 Å². The van der Waals surface area contributed by atoms with Crippen molar-refractivity contribution in [3.8, 4) is 0 Å². The number of amides is 1. The molecular weight excluding hydrogens is 582 g/mol. The normalized spacial score (nSPS) is 43.2. The molecule has 4 fully saturated rings. The second-order valence-electron chi connectivity index (χ2n) is 17.1. The zero-order valence-electron chi connectivity index (χ0n) is 30.0. The van der Waals surface area contributed by atoms with E-state index in [9.17, 15) is 19.2 Å². The number of carbonyl (C=O) groups is 4. The van der Waals surface area contributed by atoms with E-state index in [2.05, 4.69) is 59.9 Å². The van der Waals surface area contributed by atoms with Gasteiger partial charge >= 0.3 is 17.9 Å². The predicted octanol–water partition coefficient (Wildman–Crippen LogP) is 6.80. The number of allylic oxidation sites excluding steroid dienone is 2. The Bertz CT molecular complexity index is 1290. The third-order valence-corrected chi connectivity index (χ3v) is 15.1. The maximum absolute atomic E-state index is 14.5. The number of nitrogens with one attached hydrogen (secondary N) is 1. The largest absolute Gasteiger partial charge is 0.469 e. The van der Waals surface area contributed by atoms with Crippen molar-refractivity contribution in [1.29, 1.82) is 0 Å². The third kappa shape index (κ3) is 5.05. The number of methoxy groups -OCH3 is 2. The molecule has 0 bridgehead atoms. The molecule has 0 heterocycles. The molecule has 1 unspecified atom stereocenters. The summed E-state index contributed by atoms with van der Waals surface area (Å²) in [5.41, 5.74) is 0.830. The Kier molecular flexibility index (Phi) is 9.07. The zero-order chi connectivity index (χ0) is 34.0. The van der Waals surface area contributed by atoms with Crippen molar-refractivity contribution >= 4 is 23.8 Å². The highest BCUT2D eigenvalue weighted by Gasteiger charge is 2.69. The molecule has 1 N–H and O–H groups in total. The molecule has 5 aliphatic carbocycles. The van der Waals surface area contributed by atoms with E-state index in [0.29, 0.717) is 23.7 Å². The van der Waals surface area contributed by atoms with Gasteiger partial charge in [-0.25, -0.2) is 4.79 Å². The minimum atomic E-state index is -1.08. The number of rotatable bonds is 6. The van der Waals surface area contributed by atoms with E-state index in [4.69, 9.17) is 14.2 Å². The smallest absolute Gasteiger partial charge is 0.328 e. The molecular formula is C38H59NO7. The number of hydrogen-bond donors (Lipinski definition) is 1. The maximum atomic E-state index is 14.5. The molecule has 5 aliphatic rings. The van der Waals surface area contributed by atoms with E-state index in [1.807, 2.05) is 0 Å². The Balaban J connectivity index is 1.52. The average molecular weight is 642 g/mol. The highest BCUT2D eigenvalue weighted by atomic mass is 16.5. The second kappa shape index (κ2) is 11.9. The van der Waals surface area contributed by atoms with Crippen LogP contribution in [0.2, 0.25) is 0 Å². The van der Waals surface area contributed by atoms with Gasteiger partial charge in [0.1, 0.15) is 12.1 Å². The lowest BCUT2D eigenvalue weighted by Crippen LogP contribution is -2.66. The number of fused-ring (bicyclic) bond motifs is 7. The first-order valence-electron chi connectivity index (χ1n) is 17.8. The van der Waals surface area contributed by atoms with Crippen molar-refractivity contribution in [1.82, 2.24) is 5.32 Å². The van der Waals surface area contributed by atoms with Crippen LogP contribution in [0.4, 0.5) is 0 Å². The Morgan fingerprint density at radius 3 is 2.22 bits per heavy atom. The minimum absolute atomic E-state index is 0.0518. The van der Waals surface area contributed by atoms with Crippen LogP contribution in [-0.4, -0.2) is 50.2 Å². The first-order chi connectivity index (χ1) is 21.4. The summed E-state index contributed by atoms with van der Waals surface area (Å²) in [7, 11) is 2.56. The minimum Gasteiger partial charge on any atom is -0.469 e. The van der Waals surface area contributed by atoms with E-state index >= 15 is 0 Å². The fourth-order valence-corrected chi connectivity index (χ4v) is 12.2. The SMILES string of the molecule is COC(=O)CC(NC(=O)[C@]12CC[C@@H](C)[C@H](C)[C@H]1C1=CC[C@@H]3[C@@]4(C)CC[C@H](OC(C)=O)C(C)(C)[C@@H]4CC[C@@]3(C)[C@]1(C)CC2)C(=O)OC. The summed E-state index contributed by atoms with van der Waals surface area (Å²) in [4.78, 5) is 51.5. The number of ether oxygens (including phenoxy) is 3. The van der Waals surface area contributed by atoms with Crippen molar-refractivity contribution in [2.75, 3.05) is 14.2 Å². The van der Waals surface area contributed by atoms with Gasteiger partial charge in [-0.15, -0.1) is 0 Å². The third-order valence-electron chi connectivity index (χ3n) is 15.1. The van der Waals surface area contributed by atoms with Crippen molar-refractivity contribution < 1.29 is 33.4 Å². The van der Waals surface area contributed by atoms with Gasteiger partial charge in [0.25, 0.3) is 0 Å². The Labute approximate surface area is 276 Å². The van der Waals surface area contributed by atoms with Crippen LogP contribution in [-0.2, 0) is 33.4 Å². The van der Waals surface area contributed by atoms with Gasteiger partial charge in [-0.05, 0) is 104 Å². The first kappa shape index (κ1) is 34.9. The van der Waals surface area contributed by atoms with Crippen LogP contribution >= 0.6 is 0 Å². The van der Waals surface area contributed by atoms with Crippen LogP contribution in [0.3, 0.4) is 0 Å². The average Bonchev–Trinajstić information content (AvgIpc) is 2.99. The van der Waals surface area contributed by atoms with Crippen molar-refractivity contribution in [2.45, 2.75) is 132 Å². The predicted molar refractivity (Wildman–Crippen MR) is 175 cm³/mol. The summed E-state index contributed by atoms with van der Waals surface area (Å²) in [6.07, 6.45) is 10.8. The molecule has 11 atom stereocenters. The van der Waals surface area contributed by atoms with E-state index in [1.165, 1.54) is 26.7 Å². The van der Waals surface area contributed by atoms with E-state index < -0.39 is 23.4 Å². The summed E-state index contributed by atoms with van der Waals surface area (Å²) in [6, 6.07) is -1.08. The Morgan fingerprint density at radius 1 is 0.891 bits per heavy atom. The quantitative estimate of drug-likeness (QED) is 0.193. The molecule has 4 saturated carbocycles. The molecule has 0 spiro atoms. The molecule has 8 nitrogen and oxygen atoms in total. The van der Waals surface area contributed by atoms with Gasteiger partial charge in [-0.3, -0.25) is 14.4 Å². The summed E-state index contributed by atoms with van der Waals surface area (Å²) in [5, 5.41) is 2.99. The fraction of sp³-hybridized carbons (Fsp3) is 0.842.